The fourth-order valence-corrected chi connectivity index (χ4v) is 2.46. The highest BCUT2D eigenvalue weighted by Gasteiger charge is 2.29. The zero-order valence-corrected chi connectivity index (χ0v) is 11.9. The summed E-state index contributed by atoms with van der Waals surface area (Å²) in [6.45, 7) is 2.36. The molecule has 1 aliphatic heterocycles. The number of ether oxygens (including phenoxy) is 1. The summed E-state index contributed by atoms with van der Waals surface area (Å²) in [5.41, 5.74) is 0.692. The van der Waals surface area contributed by atoms with E-state index in [1.807, 2.05) is 4.90 Å². The van der Waals surface area contributed by atoms with Crippen molar-refractivity contribution in [3.8, 4) is 0 Å². The van der Waals surface area contributed by atoms with Gasteiger partial charge in [-0.1, -0.05) is 17.7 Å². The van der Waals surface area contributed by atoms with Gasteiger partial charge in [0, 0.05) is 17.6 Å². The van der Waals surface area contributed by atoms with Crippen LogP contribution in [-0.2, 0) is 9.53 Å². The zero-order valence-electron chi connectivity index (χ0n) is 9.60. The summed E-state index contributed by atoms with van der Waals surface area (Å²) in [6, 6.07) is 4.58. The molecule has 0 aliphatic carbocycles. The Morgan fingerprint density at radius 3 is 2.67 bits per heavy atom. The minimum Gasteiger partial charge on any atom is -0.480 e. The first-order valence-electron chi connectivity index (χ1n) is 5.59. The third kappa shape index (κ3) is 3.03. The summed E-state index contributed by atoms with van der Waals surface area (Å²) >= 11 is 9.32. The van der Waals surface area contributed by atoms with Crippen molar-refractivity contribution in [1.82, 2.24) is 4.90 Å². The molecule has 98 valence electrons. The predicted octanol–water partition coefficient (Wildman–Crippen LogP) is 2.56. The summed E-state index contributed by atoms with van der Waals surface area (Å²) in [5.74, 6) is -0.865. The van der Waals surface area contributed by atoms with Crippen LogP contribution in [0, 0.1) is 0 Å². The average molecular weight is 335 g/mol. The molecule has 1 unspecified atom stereocenters. The Hall–Kier alpha value is -0.620. The van der Waals surface area contributed by atoms with Crippen molar-refractivity contribution in [3.63, 3.8) is 0 Å². The van der Waals surface area contributed by atoms with Crippen LogP contribution in [0.5, 0.6) is 0 Å². The van der Waals surface area contributed by atoms with Gasteiger partial charge in [0.1, 0.15) is 6.04 Å². The van der Waals surface area contributed by atoms with Crippen LogP contribution in [0.25, 0.3) is 0 Å². The maximum absolute atomic E-state index is 11.5. The molecule has 1 N–H and O–H groups in total. The highest BCUT2D eigenvalue weighted by Crippen LogP contribution is 2.29. The lowest BCUT2D eigenvalue weighted by atomic mass is 10.1. The number of carbonyl (C=O) groups is 1. The lowest BCUT2D eigenvalue weighted by Gasteiger charge is -2.32. The number of hydrogen-bond donors (Lipinski definition) is 1. The third-order valence-corrected chi connectivity index (χ3v) is 4.14. The highest BCUT2D eigenvalue weighted by atomic mass is 79.9. The zero-order chi connectivity index (χ0) is 13.1. The molecule has 0 radical (unpaired) electrons. The van der Waals surface area contributed by atoms with Gasteiger partial charge in [-0.3, -0.25) is 9.69 Å². The van der Waals surface area contributed by atoms with E-state index in [2.05, 4.69) is 15.9 Å². The van der Waals surface area contributed by atoms with Crippen molar-refractivity contribution in [1.29, 1.82) is 0 Å². The fraction of sp³-hybridized carbons (Fsp3) is 0.417. The summed E-state index contributed by atoms with van der Waals surface area (Å²) in [4.78, 5) is 13.4. The van der Waals surface area contributed by atoms with Crippen LogP contribution >= 0.6 is 27.5 Å². The van der Waals surface area contributed by atoms with E-state index in [1.165, 1.54) is 0 Å². The predicted molar refractivity (Wildman–Crippen MR) is 71.9 cm³/mol. The maximum atomic E-state index is 11.5. The molecule has 1 fully saturated rings. The lowest BCUT2D eigenvalue weighted by molar-refractivity contribution is -0.145. The minimum atomic E-state index is -0.865. The van der Waals surface area contributed by atoms with Crippen LogP contribution in [0.15, 0.2) is 22.7 Å². The number of carboxylic acids is 1. The number of hydrogen-bond acceptors (Lipinski definition) is 3. The molecule has 1 atom stereocenters. The molecule has 0 bridgehead atoms. The smallest absolute Gasteiger partial charge is 0.325 e. The SMILES string of the molecule is O=C(O)C(c1ccc(Br)c(Cl)c1)N1CCOCC1. The van der Waals surface area contributed by atoms with Gasteiger partial charge in [0.2, 0.25) is 0 Å². The van der Waals surface area contributed by atoms with Gasteiger partial charge < -0.3 is 9.84 Å². The standard InChI is InChI=1S/C12H13BrClNO3/c13-9-2-1-8(7-10(9)14)11(12(16)17)15-3-5-18-6-4-15/h1-2,7,11H,3-6H2,(H,16,17). The second-order valence-corrected chi connectivity index (χ2v) is 5.32. The van der Waals surface area contributed by atoms with E-state index < -0.39 is 12.0 Å². The Balaban J connectivity index is 2.28. The number of aliphatic carboxylic acids is 1. The van der Waals surface area contributed by atoms with Crippen molar-refractivity contribution in [2.75, 3.05) is 26.3 Å². The molecular weight excluding hydrogens is 321 g/mol. The molecule has 6 heteroatoms. The molecule has 4 nitrogen and oxygen atoms in total. The summed E-state index contributed by atoms with van der Waals surface area (Å²) in [7, 11) is 0. The molecule has 0 amide bonds. The van der Waals surface area contributed by atoms with Gasteiger partial charge in [0.15, 0.2) is 0 Å². The van der Waals surface area contributed by atoms with E-state index in [9.17, 15) is 9.90 Å². The van der Waals surface area contributed by atoms with Crippen LogP contribution in [0.3, 0.4) is 0 Å². The Labute approximate surface area is 119 Å². The Kier molecular flexibility index (Phi) is 4.61. The highest BCUT2D eigenvalue weighted by molar-refractivity contribution is 9.10. The molecule has 1 aromatic carbocycles. The average Bonchev–Trinajstić information content (AvgIpc) is 2.35. The molecule has 1 saturated heterocycles. The van der Waals surface area contributed by atoms with Gasteiger partial charge in [0.05, 0.1) is 18.2 Å². The van der Waals surface area contributed by atoms with Gasteiger partial charge in [-0.05, 0) is 33.6 Å². The molecule has 2 rings (SSSR count). The maximum Gasteiger partial charge on any atom is 0.325 e. The third-order valence-electron chi connectivity index (χ3n) is 2.90. The monoisotopic (exact) mass is 333 g/mol. The summed E-state index contributed by atoms with van der Waals surface area (Å²) < 4.78 is 6.00. The van der Waals surface area contributed by atoms with Crippen LogP contribution in [0.2, 0.25) is 5.02 Å². The van der Waals surface area contributed by atoms with Crippen LogP contribution in [0.1, 0.15) is 11.6 Å². The van der Waals surface area contributed by atoms with E-state index in [-0.39, 0.29) is 0 Å². The summed E-state index contributed by atoms with van der Waals surface area (Å²) in [6.07, 6.45) is 0. The Morgan fingerprint density at radius 2 is 2.11 bits per heavy atom. The van der Waals surface area contributed by atoms with Crippen molar-refractivity contribution in [2.24, 2.45) is 0 Å². The van der Waals surface area contributed by atoms with Gasteiger partial charge in [-0.15, -0.1) is 0 Å². The Morgan fingerprint density at radius 1 is 1.44 bits per heavy atom. The largest absolute Gasteiger partial charge is 0.480 e. The van der Waals surface area contributed by atoms with Crippen molar-refractivity contribution >= 4 is 33.5 Å². The number of benzene rings is 1. The minimum absolute atomic E-state index is 0.520. The van der Waals surface area contributed by atoms with Gasteiger partial charge >= 0.3 is 5.97 Å². The quantitative estimate of drug-likeness (QED) is 0.923. The van der Waals surface area contributed by atoms with E-state index in [4.69, 9.17) is 16.3 Å². The number of halogens is 2. The van der Waals surface area contributed by atoms with Crippen molar-refractivity contribution in [2.45, 2.75) is 6.04 Å². The number of morpholine rings is 1. The summed E-state index contributed by atoms with van der Waals surface area (Å²) in [5, 5.41) is 9.92. The first-order chi connectivity index (χ1) is 8.59. The van der Waals surface area contributed by atoms with E-state index in [0.717, 1.165) is 4.47 Å². The number of carboxylic acid groups (broad SMARTS) is 1. The molecular formula is C12H13BrClNO3. The van der Waals surface area contributed by atoms with Gasteiger partial charge in [-0.25, -0.2) is 0 Å². The number of rotatable bonds is 3. The molecule has 0 saturated carbocycles. The fourth-order valence-electron chi connectivity index (χ4n) is 2.03. The molecule has 1 aliphatic rings. The first kappa shape index (κ1) is 13.8. The normalized spacial score (nSPS) is 18.6. The van der Waals surface area contributed by atoms with Crippen molar-refractivity contribution in [3.05, 3.63) is 33.3 Å². The molecule has 0 spiro atoms. The molecule has 0 aromatic heterocycles. The van der Waals surface area contributed by atoms with E-state index in [0.29, 0.717) is 36.9 Å². The topological polar surface area (TPSA) is 49.8 Å². The molecule has 1 heterocycles. The van der Waals surface area contributed by atoms with Gasteiger partial charge in [0.25, 0.3) is 0 Å². The number of nitrogens with zero attached hydrogens (tertiary/aromatic N) is 1. The van der Waals surface area contributed by atoms with Crippen LogP contribution in [-0.4, -0.2) is 42.3 Å². The second kappa shape index (κ2) is 6.02. The molecule has 18 heavy (non-hydrogen) atoms. The second-order valence-electron chi connectivity index (χ2n) is 4.06. The van der Waals surface area contributed by atoms with E-state index in [1.54, 1.807) is 18.2 Å². The first-order valence-corrected chi connectivity index (χ1v) is 6.76. The van der Waals surface area contributed by atoms with Crippen molar-refractivity contribution < 1.29 is 14.6 Å². The van der Waals surface area contributed by atoms with Gasteiger partial charge in [-0.2, -0.15) is 0 Å². The Bertz CT molecular complexity index is 449. The van der Waals surface area contributed by atoms with E-state index >= 15 is 0 Å². The van der Waals surface area contributed by atoms with Crippen LogP contribution in [0.4, 0.5) is 0 Å². The molecule has 1 aromatic rings. The lowest BCUT2D eigenvalue weighted by Crippen LogP contribution is -2.42. The van der Waals surface area contributed by atoms with Crippen LogP contribution < -0.4 is 0 Å².